The lowest BCUT2D eigenvalue weighted by molar-refractivity contribution is -0.144. The summed E-state index contributed by atoms with van der Waals surface area (Å²) in [4.78, 5) is 0. The molecule has 0 aliphatic rings. The Kier molecular flexibility index (Phi) is 3.96. The average molecular weight is 235 g/mol. The molecule has 6 heteroatoms. The molecule has 16 heavy (non-hydrogen) atoms. The summed E-state index contributed by atoms with van der Waals surface area (Å²) in [7, 11) is 0. The molecule has 0 unspecified atom stereocenters. The van der Waals surface area contributed by atoms with Gasteiger partial charge >= 0.3 is 6.18 Å². The van der Waals surface area contributed by atoms with Crippen molar-refractivity contribution in [3.8, 4) is 0 Å². The van der Waals surface area contributed by atoms with Crippen LogP contribution in [0.1, 0.15) is 31.5 Å². The normalized spacial score (nSPS) is 12.4. The van der Waals surface area contributed by atoms with Crippen molar-refractivity contribution in [2.75, 3.05) is 0 Å². The third kappa shape index (κ3) is 2.98. The van der Waals surface area contributed by atoms with Crippen molar-refractivity contribution >= 4 is 0 Å². The van der Waals surface area contributed by atoms with E-state index >= 15 is 0 Å². The van der Waals surface area contributed by atoms with Crippen LogP contribution in [0.5, 0.6) is 0 Å². The summed E-state index contributed by atoms with van der Waals surface area (Å²) in [5, 5.41) is 3.74. The zero-order valence-corrected chi connectivity index (χ0v) is 9.38. The average Bonchev–Trinajstić information content (AvgIpc) is 2.56. The van der Waals surface area contributed by atoms with E-state index in [-0.39, 0.29) is 18.7 Å². The van der Waals surface area contributed by atoms with E-state index in [9.17, 15) is 13.2 Å². The first-order valence-corrected chi connectivity index (χ1v) is 5.18. The fourth-order valence-corrected chi connectivity index (χ4v) is 1.45. The van der Waals surface area contributed by atoms with Crippen molar-refractivity contribution in [2.45, 2.75) is 39.5 Å². The van der Waals surface area contributed by atoms with E-state index in [4.69, 9.17) is 5.73 Å². The van der Waals surface area contributed by atoms with E-state index in [1.807, 2.05) is 13.8 Å². The molecule has 0 fully saturated rings. The topological polar surface area (TPSA) is 43.8 Å². The molecule has 0 amide bonds. The second-order valence-electron chi connectivity index (χ2n) is 4.13. The molecule has 92 valence electrons. The van der Waals surface area contributed by atoms with Crippen molar-refractivity contribution in [2.24, 2.45) is 11.7 Å². The Bertz CT molecular complexity index is 342. The lowest BCUT2D eigenvalue weighted by Crippen LogP contribution is -2.18. The number of halogens is 3. The van der Waals surface area contributed by atoms with Crippen molar-refractivity contribution in [1.29, 1.82) is 0 Å². The minimum Gasteiger partial charge on any atom is -0.326 e. The highest BCUT2D eigenvalue weighted by atomic mass is 19.4. The Hall–Kier alpha value is -1.04. The highest BCUT2D eigenvalue weighted by Gasteiger charge is 2.37. The number of alkyl halides is 3. The third-order valence-electron chi connectivity index (χ3n) is 2.32. The van der Waals surface area contributed by atoms with Gasteiger partial charge in [0.05, 0.1) is 6.20 Å². The quantitative estimate of drug-likeness (QED) is 0.870. The number of rotatable bonds is 4. The molecular weight excluding hydrogens is 219 g/mol. The van der Waals surface area contributed by atoms with Crippen LogP contribution in [0.25, 0.3) is 0 Å². The van der Waals surface area contributed by atoms with Crippen LogP contribution in [0.15, 0.2) is 6.20 Å². The summed E-state index contributed by atoms with van der Waals surface area (Å²) in [5.41, 5.74) is 4.60. The van der Waals surface area contributed by atoms with Gasteiger partial charge in [-0.25, -0.2) is 0 Å². The fourth-order valence-electron chi connectivity index (χ4n) is 1.45. The molecule has 0 spiro atoms. The summed E-state index contributed by atoms with van der Waals surface area (Å²) in [6.45, 7) is 4.05. The first-order chi connectivity index (χ1) is 7.36. The summed E-state index contributed by atoms with van der Waals surface area (Å²) < 4.78 is 39.2. The van der Waals surface area contributed by atoms with Gasteiger partial charge in [0.2, 0.25) is 0 Å². The summed E-state index contributed by atoms with van der Waals surface area (Å²) in [6, 6.07) is 0. The molecular formula is C10H16F3N3. The second-order valence-corrected chi connectivity index (χ2v) is 4.13. The summed E-state index contributed by atoms with van der Waals surface area (Å²) in [5.74, 6) is 0.339. The zero-order valence-electron chi connectivity index (χ0n) is 9.38. The Labute approximate surface area is 92.4 Å². The van der Waals surface area contributed by atoms with Gasteiger partial charge in [-0.2, -0.15) is 18.3 Å². The third-order valence-corrected chi connectivity index (χ3v) is 2.32. The van der Waals surface area contributed by atoms with E-state index < -0.39 is 11.9 Å². The van der Waals surface area contributed by atoms with Crippen LogP contribution in [0.4, 0.5) is 13.2 Å². The number of nitrogens with two attached hydrogens (primary N) is 1. The van der Waals surface area contributed by atoms with E-state index in [0.29, 0.717) is 12.3 Å². The standard InChI is InChI=1S/C10H16F3N3/c1-7(2)3-4-16-9(10(11,12)13)8(5-14)6-15-16/h6-7H,3-5,14H2,1-2H3. The van der Waals surface area contributed by atoms with E-state index in [1.165, 1.54) is 6.20 Å². The second kappa shape index (κ2) is 4.86. The van der Waals surface area contributed by atoms with Gasteiger partial charge in [-0.15, -0.1) is 0 Å². The van der Waals surface area contributed by atoms with E-state index in [0.717, 1.165) is 4.68 Å². The Morgan fingerprint density at radius 3 is 2.50 bits per heavy atom. The number of hydrogen-bond acceptors (Lipinski definition) is 2. The van der Waals surface area contributed by atoms with Crippen molar-refractivity contribution in [3.05, 3.63) is 17.5 Å². The maximum Gasteiger partial charge on any atom is 0.433 e. The van der Waals surface area contributed by atoms with Crippen molar-refractivity contribution < 1.29 is 13.2 Å². The van der Waals surface area contributed by atoms with Crippen LogP contribution in [-0.4, -0.2) is 9.78 Å². The number of hydrogen-bond donors (Lipinski definition) is 1. The van der Waals surface area contributed by atoms with Crippen LogP contribution in [0.2, 0.25) is 0 Å². The van der Waals surface area contributed by atoms with Gasteiger partial charge in [-0.1, -0.05) is 13.8 Å². The van der Waals surface area contributed by atoms with Crippen LogP contribution in [-0.2, 0) is 19.3 Å². The molecule has 3 nitrogen and oxygen atoms in total. The molecule has 0 atom stereocenters. The lowest BCUT2D eigenvalue weighted by atomic mass is 10.1. The highest BCUT2D eigenvalue weighted by molar-refractivity contribution is 5.20. The van der Waals surface area contributed by atoms with Gasteiger partial charge in [-0.05, 0) is 12.3 Å². The van der Waals surface area contributed by atoms with Crippen LogP contribution >= 0.6 is 0 Å². The number of nitrogens with zero attached hydrogens (tertiary/aromatic N) is 2. The molecule has 2 N–H and O–H groups in total. The van der Waals surface area contributed by atoms with Gasteiger partial charge in [-0.3, -0.25) is 4.68 Å². The Morgan fingerprint density at radius 2 is 2.06 bits per heavy atom. The minimum absolute atomic E-state index is 0.0521. The monoisotopic (exact) mass is 235 g/mol. The molecule has 0 saturated heterocycles. The SMILES string of the molecule is CC(C)CCn1ncc(CN)c1C(F)(F)F. The fraction of sp³-hybridized carbons (Fsp3) is 0.700. The molecule has 0 radical (unpaired) electrons. The van der Waals surface area contributed by atoms with Crippen LogP contribution < -0.4 is 5.73 Å². The Morgan fingerprint density at radius 1 is 1.44 bits per heavy atom. The van der Waals surface area contributed by atoms with Gasteiger partial charge in [0, 0.05) is 18.7 Å². The summed E-state index contributed by atoms with van der Waals surface area (Å²) >= 11 is 0. The minimum atomic E-state index is -4.39. The highest BCUT2D eigenvalue weighted by Crippen LogP contribution is 2.32. The Balaban J connectivity index is 2.96. The molecule has 1 aromatic rings. The molecule has 1 aromatic heterocycles. The number of aryl methyl sites for hydroxylation is 1. The molecule has 0 aromatic carbocycles. The number of aromatic nitrogens is 2. The van der Waals surface area contributed by atoms with Gasteiger partial charge in [0.1, 0.15) is 5.69 Å². The lowest BCUT2D eigenvalue weighted by Gasteiger charge is -2.13. The molecule has 0 aliphatic carbocycles. The largest absolute Gasteiger partial charge is 0.433 e. The van der Waals surface area contributed by atoms with Gasteiger partial charge < -0.3 is 5.73 Å². The molecule has 1 rings (SSSR count). The van der Waals surface area contributed by atoms with Crippen molar-refractivity contribution in [3.63, 3.8) is 0 Å². The van der Waals surface area contributed by atoms with Gasteiger partial charge in [0.15, 0.2) is 0 Å². The zero-order chi connectivity index (χ0) is 12.3. The van der Waals surface area contributed by atoms with E-state index in [2.05, 4.69) is 5.10 Å². The molecule has 1 heterocycles. The molecule has 0 saturated carbocycles. The van der Waals surface area contributed by atoms with E-state index in [1.54, 1.807) is 0 Å². The van der Waals surface area contributed by atoms with Crippen molar-refractivity contribution in [1.82, 2.24) is 9.78 Å². The maximum absolute atomic E-state index is 12.7. The van der Waals surface area contributed by atoms with Crippen LogP contribution in [0, 0.1) is 5.92 Å². The molecule has 0 aliphatic heterocycles. The predicted octanol–water partition coefficient (Wildman–Crippen LogP) is 2.41. The smallest absolute Gasteiger partial charge is 0.326 e. The first-order valence-electron chi connectivity index (χ1n) is 5.18. The first kappa shape index (κ1) is 13.0. The summed E-state index contributed by atoms with van der Waals surface area (Å²) in [6.07, 6.45) is -2.53. The molecule has 0 bridgehead atoms. The van der Waals surface area contributed by atoms with Gasteiger partial charge in [0.25, 0.3) is 0 Å². The van der Waals surface area contributed by atoms with Crippen LogP contribution in [0.3, 0.4) is 0 Å². The maximum atomic E-state index is 12.7. The predicted molar refractivity (Wildman–Crippen MR) is 54.6 cm³/mol.